The molecule has 0 aromatic heterocycles. The Morgan fingerprint density at radius 3 is 1.90 bits per heavy atom. The fourth-order valence-corrected chi connectivity index (χ4v) is 2.07. The molecule has 0 heterocycles. The van der Waals surface area contributed by atoms with Crippen LogP contribution in [0, 0.1) is 5.92 Å². The van der Waals surface area contributed by atoms with Crippen LogP contribution in [0.4, 0.5) is 0 Å². The minimum Gasteiger partial charge on any atom is -0.747 e. The zero-order chi connectivity index (χ0) is 14.5. The van der Waals surface area contributed by atoms with Crippen molar-refractivity contribution in [1.82, 2.24) is 0 Å². The first-order chi connectivity index (χ1) is 8.04. The third-order valence-electron chi connectivity index (χ3n) is 2.08. The number of hydrogen-bond acceptors (Lipinski definition) is 7. The summed E-state index contributed by atoms with van der Waals surface area (Å²) < 4.78 is 37.0. The van der Waals surface area contributed by atoms with Crippen molar-refractivity contribution in [1.29, 1.82) is 0 Å². The van der Waals surface area contributed by atoms with Crippen molar-refractivity contribution in [3.05, 3.63) is 0 Å². The standard InChI is InChI=1S/C10H18O7S.2Na/c1-6(2)4-7(3)17-10(13)8(5-9(11)12)18(14,15)16;;/h6-8H,4-5H2,1-3H3,(H,11,12)(H,14,15,16);;/q;2*+1/p-2. The van der Waals surface area contributed by atoms with Crippen molar-refractivity contribution < 1.29 is 91.5 Å². The van der Waals surface area contributed by atoms with E-state index in [0.29, 0.717) is 6.42 Å². The molecule has 0 spiro atoms. The number of carboxylic acids is 1. The van der Waals surface area contributed by atoms with Gasteiger partial charge < -0.3 is 19.2 Å². The molecule has 0 rings (SSSR count). The van der Waals surface area contributed by atoms with Crippen molar-refractivity contribution in [2.75, 3.05) is 0 Å². The monoisotopic (exact) mass is 326 g/mol. The normalized spacial score (nSPS) is 13.7. The molecule has 0 aliphatic carbocycles. The zero-order valence-corrected chi connectivity index (χ0v) is 17.2. The third kappa shape index (κ3) is 11.5. The van der Waals surface area contributed by atoms with Crippen LogP contribution in [0.3, 0.4) is 0 Å². The van der Waals surface area contributed by atoms with Gasteiger partial charge in [-0.05, 0) is 19.3 Å². The molecule has 2 unspecified atom stereocenters. The Labute approximate surface area is 163 Å². The summed E-state index contributed by atoms with van der Waals surface area (Å²) in [5, 5.41) is 8.05. The molecule has 0 N–H and O–H groups in total. The van der Waals surface area contributed by atoms with Crippen molar-refractivity contribution in [2.45, 2.75) is 45.0 Å². The van der Waals surface area contributed by atoms with Crippen molar-refractivity contribution in [3.63, 3.8) is 0 Å². The maximum Gasteiger partial charge on any atom is 1.00 e. The molecular weight excluding hydrogens is 310 g/mol. The van der Waals surface area contributed by atoms with Crippen LogP contribution in [0.2, 0.25) is 0 Å². The molecule has 0 amide bonds. The first-order valence-corrected chi connectivity index (χ1v) is 6.86. The predicted octanol–water partition coefficient (Wildman–Crippen LogP) is -6.97. The first-order valence-electron chi connectivity index (χ1n) is 5.39. The summed E-state index contributed by atoms with van der Waals surface area (Å²) in [6, 6.07) is 0. The van der Waals surface area contributed by atoms with Gasteiger partial charge in [-0.15, -0.1) is 0 Å². The minimum absolute atomic E-state index is 0. The van der Waals surface area contributed by atoms with E-state index in [2.05, 4.69) is 0 Å². The summed E-state index contributed by atoms with van der Waals surface area (Å²) >= 11 is 0. The fraction of sp³-hybridized carbons (Fsp3) is 0.800. The fourth-order valence-electron chi connectivity index (χ4n) is 1.44. The molecule has 106 valence electrons. The SMILES string of the molecule is CC(C)CC(C)OC(=O)C(CC(=O)[O-])S(=O)(=O)[O-].[Na+].[Na+]. The van der Waals surface area contributed by atoms with Crippen LogP contribution in [0.25, 0.3) is 0 Å². The number of carbonyl (C=O) groups is 2. The van der Waals surface area contributed by atoms with E-state index in [9.17, 15) is 27.7 Å². The smallest absolute Gasteiger partial charge is 0.747 e. The Balaban J connectivity index is -0.00000144. The van der Waals surface area contributed by atoms with Gasteiger partial charge in [0, 0.05) is 12.4 Å². The van der Waals surface area contributed by atoms with Gasteiger partial charge in [-0.3, -0.25) is 4.79 Å². The molecule has 0 aromatic rings. The van der Waals surface area contributed by atoms with Gasteiger partial charge in [0.15, 0.2) is 5.25 Å². The largest absolute Gasteiger partial charge is 1.00 e. The van der Waals surface area contributed by atoms with Crippen LogP contribution >= 0.6 is 0 Å². The predicted molar refractivity (Wildman–Crippen MR) is 58.1 cm³/mol. The molecule has 0 aliphatic heterocycles. The Bertz CT molecular complexity index is 408. The number of carboxylic acid groups (broad SMARTS) is 1. The quantitative estimate of drug-likeness (QED) is 0.259. The summed E-state index contributed by atoms with van der Waals surface area (Å²) in [6.07, 6.45) is -1.31. The van der Waals surface area contributed by atoms with Gasteiger partial charge in [0.05, 0.1) is 6.10 Å². The molecular formula is C10H16Na2O7S. The van der Waals surface area contributed by atoms with Crippen molar-refractivity contribution >= 4 is 22.1 Å². The summed E-state index contributed by atoms with van der Waals surface area (Å²) in [4.78, 5) is 21.7. The van der Waals surface area contributed by atoms with Gasteiger partial charge >= 0.3 is 65.1 Å². The summed E-state index contributed by atoms with van der Waals surface area (Å²) in [7, 11) is -5.08. The second-order valence-electron chi connectivity index (χ2n) is 4.43. The Morgan fingerprint density at radius 1 is 1.15 bits per heavy atom. The third-order valence-corrected chi connectivity index (χ3v) is 3.14. The zero-order valence-electron chi connectivity index (χ0n) is 12.4. The van der Waals surface area contributed by atoms with Crippen LogP contribution in [-0.2, 0) is 24.4 Å². The van der Waals surface area contributed by atoms with Crippen LogP contribution in [0.1, 0.15) is 33.6 Å². The average molecular weight is 326 g/mol. The second-order valence-corrected chi connectivity index (χ2v) is 5.99. The van der Waals surface area contributed by atoms with E-state index in [1.54, 1.807) is 0 Å². The molecule has 2 atom stereocenters. The van der Waals surface area contributed by atoms with Gasteiger partial charge in [-0.25, -0.2) is 8.42 Å². The number of rotatable bonds is 7. The van der Waals surface area contributed by atoms with Gasteiger partial charge in [0.25, 0.3) is 0 Å². The molecule has 0 saturated carbocycles. The molecule has 0 fully saturated rings. The Kier molecular flexibility index (Phi) is 14.7. The maximum atomic E-state index is 11.4. The van der Waals surface area contributed by atoms with E-state index in [0.717, 1.165) is 0 Å². The number of carbonyl (C=O) groups excluding carboxylic acids is 2. The van der Waals surface area contributed by atoms with E-state index in [4.69, 9.17) is 4.74 Å². The molecule has 0 aliphatic rings. The van der Waals surface area contributed by atoms with Crippen LogP contribution < -0.4 is 64.2 Å². The second kappa shape index (κ2) is 11.4. The van der Waals surface area contributed by atoms with E-state index in [1.807, 2.05) is 13.8 Å². The number of esters is 1. The molecule has 10 heteroatoms. The summed E-state index contributed by atoms with van der Waals surface area (Å²) in [6.45, 7) is 5.27. The number of ether oxygens (including phenoxy) is 1. The summed E-state index contributed by atoms with van der Waals surface area (Å²) in [5.41, 5.74) is 0. The maximum absolute atomic E-state index is 11.4. The molecule has 7 nitrogen and oxygen atoms in total. The van der Waals surface area contributed by atoms with Crippen LogP contribution in [0.5, 0.6) is 0 Å². The summed E-state index contributed by atoms with van der Waals surface area (Å²) in [5.74, 6) is -2.94. The number of aliphatic carboxylic acids is 1. The molecule has 0 aromatic carbocycles. The van der Waals surface area contributed by atoms with Crippen molar-refractivity contribution in [2.24, 2.45) is 5.92 Å². The van der Waals surface area contributed by atoms with Crippen molar-refractivity contribution in [3.8, 4) is 0 Å². The van der Waals surface area contributed by atoms with Gasteiger partial charge in [-0.2, -0.15) is 0 Å². The number of hydrogen-bond donors (Lipinski definition) is 0. The minimum atomic E-state index is -5.08. The molecule has 20 heavy (non-hydrogen) atoms. The van der Waals surface area contributed by atoms with E-state index < -0.39 is 39.8 Å². The van der Waals surface area contributed by atoms with Crippen LogP contribution in [-0.4, -0.2) is 36.3 Å². The molecule has 0 bridgehead atoms. The van der Waals surface area contributed by atoms with Gasteiger partial charge in [0.1, 0.15) is 10.1 Å². The molecule has 0 radical (unpaired) electrons. The average Bonchev–Trinajstić information content (AvgIpc) is 2.09. The van der Waals surface area contributed by atoms with Crippen LogP contribution in [0.15, 0.2) is 0 Å². The van der Waals surface area contributed by atoms with Gasteiger partial charge in [-0.1, -0.05) is 13.8 Å². The van der Waals surface area contributed by atoms with E-state index in [-0.39, 0.29) is 65.0 Å². The van der Waals surface area contributed by atoms with E-state index in [1.165, 1.54) is 6.92 Å². The van der Waals surface area contributed by atoms with Gasteiger partial charge in [0.2, 0.25) is 0 Å². The Morgan fingerprint density at radius 2 is 1.60 bits per heavy atom. The molecule has 0 saturated heterocycles. The first kappa shape index (κ1) is 25.8. The topological polar surface area (TPSA) is 124 Å². The van der Waals surface area contributed by atoms with E-state index >= 15 is 0 Å². The Hall–Kier alpha value is 0.850.